The Balaban J connectivity index is 2.02. The Bertz CT molecular complexity index is 747. The largest absolute Gasteiger partial charge is 0.393 e. The van der Waals surface area contributed by atoms with Gasteiger partial charge in [-0.3, -0.25) is 9.48 Å². The summed E-state index contributed by atoms with van der Waals surface area (Å²) in [6.45, 7) is 4.17. The van der Waals surface area contributed by atoms with Crippen LogP contribution in [0, 0.1) is 6.92 Å². The first kappa shape index (κ1) is 15.9. The maximum Gasteiger partial charge on any atom is 0.254 e. The minimum absolute atomic E-state index is 0.0314. The van der Waals surface area contributed by atoms with Crippen LogP contribution in [0.5, 0.6) is 0 Å². The summed E-state index contributed by atoms with van der Waals surface area (Å²) < 4.78 is 1.75. The van der Waals surface area contributed by atoms with Crippen molar-refractivity contribution in [3.8, 4) is 0 Å². The van der Waals surface area contributed by atoms with Crippen molar-refractivity contribution < 1.29 is 9.90 Å². The summed E-state index contributed by atoms with van der Waals surface area (Å²) in [5.74, 6) is 0.444. The fourth-order valence-corrected chi connectivity index (χ4v) is 2.91. The van der Waals surface area contributed by atoms with Gasteiger partial charge in [0.25, 0.3) is 5.91 Å². The van der Waals surface area contributed by atoms with E-state index in [0.29, 0.717) is 24.4 Å². The molecule has 124 valence electrons. The van der Waals surface area contributed by atoms with Gasteiger partial charge in [-0.05, 0) is 39.2 Å². The molecular weight excluding hydrogens is 292 g/mol. The highest BCUT2D eigenvalue weighted by Crippen LogP contribution is 2.40. The Hall–Kier alpha value is -1.95. The summed E-state index contributed by atoms with van der Waals surface area (Å²) >= 11 is 0. The van der Waals surface area contributed by atoms with Gasteiger partial charge in [0.05, 0.1) is 22.7 Å². The van der Waals surface area contributed by atoms with Crippen LogP contribution in [-0.2, 0) is 7.05 Å². The predicted octanol–water partition coefficient (Wildman–Crippen LogP) is 2.00. The fraction of sp³-hybridized carbons (Fsp3) is 0.588. The summed E-state index contributed by atoms with van der Waals surface area (Å²) in [4.78, 5) is 19.3. The Morgan fingerprint density at radius 3 is 2.83 bits per heavy atom. The third kappa shape index (κ3) is 3.08. The number of nitrogens with zero attached hydrogens (tertiary/aromatic N) is 4. The van der Waals surface area contributed by atoms with E-state index in [2.05, 4.69) is 5.10 Å². The summed E-state index contributed by atoms with van der Waals surface area (Å²) in [6, 6.07) is 1.94. The number of amides is 1. The Kier molecular flexibility index (Phi) is 4.10. The van der Waals surface area contributed by atoms with Gasteiger partial charge in [-0.25, -0.2) is 4.98 Å². The summed E-state index contributed by atoms with van der Waals surface area (Å²) in [5, 5.41) is 14.7. The van der Waals surface area contributed by atoms with Crippen molar-refractivity contribution in [3.05, 3.63) is 23.0 Å². The van der Waals surface area contributed by atoms with Gasteiger partial charge in [0, 0.05) is 32.3 Å². The van der Waals surface area contributed by atoms with Gasteiger partial charge in [0.2, 0.25) is 0 Å². The zero-order chi connectivity index (χ0) is 16.7. The van der Waals surface area contributed by atoms with E-state index in [1.165, 1.54) is 0 Å². The van der Waals surface area contributed by atoms with Crippen LogP contribution in [0.15, 0.2) is 6.07 Å². The zero-order valence-electron chi connectivity index (χ0n) is 14.2. The normalized spacial score (nSPS) is 15.9. The molecule has 1 aliphatic carbocycles. The monoisotopic (exact) mass is 316 g/mol. The summed E-state index contributed by atoms with van der Waals surface area (Å²) in [7, 11) is 3.64. The number of aliphatic hydroxyl groups is 1. The molecule has 0 spiro atoms. The molecule has 3 rings (SSSR count). The molecule has 1 fully saturated rings. The second-order valence-electron chi connectivity index (χ2n) is 6.64. The molecule has 1 aliphatic rings. The van der Waals surface area contributed by atoms with Crippen molar-refractivity contribution in [2.24, 2.45) is 7.05 Å². The van der Waals surface area contributed by atoms with E-state index in [0.717, 1.165) is 35.3 Å². The molecule has 0 aliphatic heterocycles. The van der Waals surface area contributed by atoms with Crippen molar-refractivity contribution in [1.82, 2.24) is 19.7 Å². The number of hydrogen-bond acceptors (Lipinski definition) is 4. The first-order chi connectivity index (χ1) is 10.9. The molecule has 2 heterocycles. The minimum Gasteiger partial charge on any atom is -0.393 e. The fourth-order valence-electron chi connectivity index (χ4n) is 2.91. The van der Waals surface area contributed by atoms with Gasteiger partial charge < -0.3 is 10.0 Å². The van der Waals surface area contributed by atoms with Gasteiger partial charge in [-0.15, -0.1) is 0 Å². The Morgan fingerprint density at radius 2 is 2.22 bits per heavy atom. The first-order valence-corrected chi connectivity index (χ1v) is 8.16. The summed E-state index contributed by atoms with van der Waals surface area (Å²) in [5.41, 5.74) is 3.27. The van der Waals surface area contributed by atoms with E-state index >= 15 is 0 Å². The highest BCUT2D eigenvalue weighted by molar-refractivity contribution is 6.06. The van der Waals surface area contributed by atoms with E-state index in [1.54, 1.807) is 23.6 Å². The lowest BCUT2D eigenvalue weighted by Crippen LogP contribution is -2.29. The van der Waals surface area contributed by atoms with E-state index in [-0.39, 0.29) is 5.91 Å². The molecule has 0 aromatic carbocycles. The standard InChI is InChI=1S/C17H24N4O2/c1-10(22)7-8-20(3)17(23)13-9-14(12-5-6-12)18-16-15(13)11(2)19-21(16)4/h9-10,12,22H,5-8H2,1-4H3. The first-order valence-electron chi connectivity index (χ1n) is 8.16. The van der Waals surface area contributed by atoms with Gasteiger partial charge in [-0.2, -0.15) is 5.10 Å². The average molecular weight is 316 g/mol. The summed E-state index contributed by atoms with van der Waals surface area (Å²) in [6.07, 6.45) is 2.43. The third-order valence-corrected chi connectivity index (χ3v) is 4.44. The number of aryl methyl sites for hydroxylation is 2. The number of pyridine rings is 1. The maximum absolute atomic E-state index is 12.9. The van der Waals surface area contributed by atoms with Crippen LogP contribution in [0.3, 0.4) is 0 Å². The molecule has 0 radical (unpaired) electrons. The molecule has 1 unspecified atom stereocenters. The number of aromatic nitrogens is 3. The molecule has 1 amide bonds. The van der Waals surface area contributed by atoms with Crippen LogP contribution in [-0.4, -0.2) is 50.4 Å². The van der Waals surface area contributed by atoms with E-state index < -0.39 is 6.10 Å². The van der Waals surface area contributed by atoms with Crippen molar-refractivity contribution in [1.29, 1.82) is 0 Å². The molecule has 1 saturated carbocycles. The third-order valence-electron chi connectivity index (χ3n) is 4.44. The number of rotatable bonds is 5. The smallest absolute Gasteiger partial charge is 0.254 e. The zero-order valence-corrected chi connectivity index (χ0v) is 14.2. The number of carbonyl (C=O) groups is 1. The number of fused-ring (bicyclic) bond motifs is 1. The van der Waals surface area contributed by atoms with Gasteiger partial charge >= 0.3 is 0 Å². The molecule has 6 heteroatoms. The number of carbonyl (C=O) groups excluding carboxylic acids is 1. The van der Waals surface area contributed by atoms with Crippen molar-refractivity contribution in [2.75, 3.05) is 13.6 Å². The van der Waals surface area contributed by atoms with Crippen LogP contribution < -0.4 is 0 Å². The highest BCUT2D eigenvalue weighted by atomic mass is 16.3. The SMILES string of the molecule is Cc1nn(C)c2nc(C3CC3)cc(C(=O)N(C)CCC(C)O)c12. The lowest BCUT2D eigenvalue weighted by molar-refractivity contribution is 0.0770. The van der Waals surface area contributed by atoms with Gasteiger partial charge in [0.15, 0.2) is 5.65 Å². The average Bonchev–Trinajstić information content (AvgIpc) is 3.31. The molecule has 1 N–H and O–H groups in total. The predicted molar refractivity (Wildman–Crippen MR) is 88.5 cm³/mol. The second kappa shape index (κ2) is 5.92. The molecule has 23 heavy (non-hydrogen) atoms. The van der Waals surface area contributed by atoms with E-state index in [1.807, 2.05) is 20.0 Å². The van der Waals surface area contributed by atoms with Crippen molar-refractivity contribution >= 4 is 16.9 Å². The topological polar surface area (TPSA) is 71.2 Å². The molecule has 2 aromatic rings. The maximum atomic E-state index is 12.9. The van der Waals surface area contributed by atoms with Crippen molar-refractivity contribution in [2.45, 2.75) is 45.1 Å². The number of hydrogen-bond donors (Lipinski definition) is 1. The molecular formula is C17H24N4O2. The molecule has 0 bridgehead atoms. The quantitative estimate of drug-likeness (QED) is 0.916. The van der Waals surface area contributed by atoms with Crippen LogP contribution in [0.1, 0.15) is 53.8 Å². The second-order valence-corrected chi connectivity index (χ2v) is 6.64. The lowest BCUT2D eigenvalue weighted by atomic mass is 10.1. The van der Waals surface area contributed by atoms with Crippen LogP contribution in [0.25, 0.3) is 11.0 Å². The van der Waals surface area contributed by atoms with Crippen molar-refractivity contribution in [3.63, 3.8) is 0 Å². The Labute approximate surface area is 136 Å². The Morgan fingerprint density at radius 1 is 1.52 bits per heavy atom. The van der Waals surface area contributed by atoms with Gasteiger partial charge in [-0.1, -0.05) is 0 Å². The molecule has 2 aromatic heterocycles. The number of aliphatic hydroxyl groups excluding tert-OH is 1. The van der Waals surface area contributed by atoms with Crippen LogP contribution in [0.4, 0.5) is 0 Å². The highest BCUT2D eigenvalue weighted by Gasteiger charge is 2.29. The molecule has 0 saturated heterocycles. The molecule has 1 atom stereocenters. The van der Waals surface area contributed by atoms with Gasteiger partial charge in [0.1, 0.15) is 0 Å². The van der Waals surface area contributed by atoms with E-state index in [4.69, 9.17) is 4.98 Å². The van der Waals surface area contributed by atoms with Crippen LogP contribution in [0.2, 0.25) is 0 Å². The van der Waals surface area contributed by atoms with Crippen LogP contribution >= 0.6 is 0 Å². The minimum atomic E-state index is -0.412. The van der Waals surface area contributed by atoms with E-state index in [9.17, 15) is 9.90 Å². The lowest BCUT2D eigenvalue weighted by Gasteiger charge is -2.19. The molecule has 6 nitrogen and oxygen atoms in total.